The van der Waals surface area contributed by atoms with E-state index in [0.29, 0.717) is 16.4 Å². The fourth-order valence-electron chi connectivity index (χ4n) is 1.62. The molecule has 0 fully saturated rings. The van der Waals surface area contributed by atoms with Crippen molar-refractivity contribution in [1.82, 2.24) is 15.0 Å². The van der Waals surface area contributed by atoms with Crippen LogP contribution < -0.4 is 5.32 Å². The first kappa shape index (κ1) is 11.9. The SMILES string of the molecule is Fc1cc(F)c2nc(NCc3cnccn3)sc2c1. The number of nitrogens with zero attached hydrogens (tertiary/aromatic N) is 3. The summed E-state index contributed by atoms with van der Waals surface area (Å²) in [5, 5.41) is 3.53. The smallest absolute Gasteiger partial charge is 0.184 e. The molecule has 0 bridgehead atoms. The van der Waals surface area contributed by atoms with Crippen molar-refractivity contribution in [3.8, 4) is 0 Å². The van der Waals surface area contributed by atoms with Gasteiger partial charge in [0, 0.05) is 18.5 Å². The van der Waals surface area contributed by atoms with Crippen molar-refractivity contribution in [3.63, 3.8) is 0 Å². The van der Waals surface area contributed by atoms with E-state index in [1.807, 2.05) is 0 Å². The number of rotatable bonds is 3. The molecule has 1 aromatic carbocycles. The number of nitrogens with one attached hydrogen (secondary N) is 1. The van der Waals surface area contributed by atoms with Gasteiger partial charge in [0.15, 0.2) is 10.9 Å². The largest absolute Gasteiger partial charge is 0.356 e. The number of aromatic nitrogens is 3. The number of benzene rings is 1. The van der Waals surface area contributed by atoms with Gasteiger partial charge in [0.05, 0.1) is 23.1 Å². The molecule has 0 saturated heterocycles. The number of hydrogen-bond donors (Lipinski definition) is 1. The highest BCUT2D eigenvalue weighted by Gasteiger charge is 2.10. The van der Waals surface area contributed by atoms with E-state index in [9.17, 15) is 8.78 Å². The maximum Gasteiger partial charge on any atom is 0.184 e. The van der Waals surface area contributed by atoms with Crippen LogP contribution in [0, 0.1) is 11.6 Å². The Balaban J connectivity index is 1.84. The first-order chi connectivity index (χ1) is 9.22. The molecule has 3 rings (SSSR count). The molecule has 4 nitrogen and oxygen atoms in total. The second kappa shape index (κ2) is 4.85. The molecule has 19 heavy (non-hydrogen) atoms. The van der Waals surface area contributed by atoms with Gasteiger partial charge in [-0.1, -0.05) is 11.3 Å². The molecule has 0 aliphatic rings. The molecule has 0 amide bonds. The summed E-state index contributed by atoms with van der Waals surface area (Å²) in [4.78, 5) is 12.1. The topological polar surface area (TPSA) is 50.7 Å². The Morgan fingerprint density at radius 2 is 2.11 bits per heavy atom. The number of thiazole rings is 1. The average Bonchev–Trinajstić information content (AvgIpc) is 2.81. The second-order valence-electron chi connectivity index (χ2n) is 3.80. The van der Waals surface area contributed by atoms with Crippen molar-refractivity contribution in [1.29, 1.82) is 0 Å². The monoisotopic (exact) mass is 278 g/mol. The molecule has 3 aromatic rings. The third-order valence-corrected chi connectivity index (χ3v) is 3.41. The van der Waals surface area contributed by atoms with E-state index >= 15 is 0 Å². The standard InChI is InChI=1S/C12H8F2N4S/c13-7-3-9(14)11-10(4-7)19-12(18-11)17-6-8-5-15-1-2-16-8/h1-5H,6H2,(H,17,18). The van der Waals surface area contributed by atoms with Crippen LogP contribution in [0.25, 0.3) is 10.2 Å². The Morgan fingerprint density at radius 3 is 2.89 bits per heavy atom. The lowest BCUT2D eigenvalue weighted by molar-refractivity contribution is 0.591. The molecule has 1 N–H and O–H groups in total. The van der Waals surface area contributed by atoms with E-state index in [0.717, 1.165) is 11.8 Å². The Kier molecular flexibility index (Phi) is 3.04. The van der Waals surface area contributed by atoms with Crippen molar-refractivity contribution in [2.24, 2.45) is 0 Å². The summed E-state index contributed by atoms with van der Waals surface area (Å²) < 4.78 is 27.0. The number of anilines is 1. The van der Waals surface area contributed by atoms with Gasteiger partial charge < -0.3 is 5.32 Å². The molecule has 0 atom stereocenters. The molecule has 0 aliphatic heterocycles. The van der Waals surface area contributed by atoms with E-state index in [4.69, 9.17) is 0 Å². The van der Waals surface area contributed by atoms with Crippen LogP contribution in [0.3, 0.4) is 0 Å². The zero-order valence-electron chi connectivity index (χ0n) is 9.60. The summed E-state index contributed by atoms with van der Waals surface area (Å²) >= 11 is 1.19. The van der Waals surface area contributed by atoms with Crippen LogP contribution in [0.15, 0.2) is 30.7 Å². The van der Waals surface area contributed by atoms with Crippen LogP contribution in [0.1, 0.15) is 5.69 Å². The van der Waals surface area contributed by atoms with Crippen LogP contribution in [-0.2, 0) is 6.54 Å². The van der Waals surface area contributed by atoms with Crippen LogP contribution in [0.5, 0.6) is 0 Å². The molecule has 96 valence electrons. The molecule has 7 heteroatoms. The van der Waals surface area contributed by atoms with Crippen molar-refractivity contribution in [2.45, 2.75) is 6.54 Å². The summed E-state index contributed by atoms with van der Waals surface area (Å²) in [6, 6.07) is 2.10. The van der Waals surface area contributed by atoms with E-state index in [1.54, 1.807) is 18.6 Å². The van der Waals surface area contributed by atoms with Gasteiger partial charge in [-0.05, 0) is 6.07 Å². The number of fused-ring (bicyclic) bond motifs is 1. The number of hydrogen-bond acceptors (Lipinski definition) is 5. The summed E-state index contributed by atoms with van der Waals surface area (Å²) in [5.41, 5.74) is 0.918. The fourth-order valence-corrected chi connectivity index (χ4v) is 2.52. The second-order valence-corrected chi connectivity index (χ2v) is 4.83. The van der Waals surface area contributed by atoms with Crippen molar-refractivity contribution < 1.29 is 8.78 Å². The van der Waals surface area contributed by atoms with Gasteiger partial charge in [0.1, 0.15) is 11.3 Å². The van der Waals surface area contributed by atoms with Gasteiger partial charge >= 0.3 is 0 Å². The predicted octanol–water partition coefficient (Wildman–Crippen LogP) is 2.98. The normalized spacial score (nSPS) is 10.8. The third-order valence-electron chi connectivity index (χ3n) is 2.45. The van der Waals surface area contributed by atoms with Gasteiger partial charge in [-0.25, -0.2) is 13.8 Å². The predicted molar refractivity (Wildman–Crippen MR) is 68.9 cm³/mol. The van der Waals surface area contributed by atoms with Gasteiger partial charge in [0.2, 0.25) is 0 Å². The highest BCUT2D eigenvalue weighted by Crippen LogP contribution is 2.28. The first-order valence-electron chi connectivity index (χ1n) is 5.47. The molecular formula is C12H8F2N4S. The summed E-state index contributed by atoms with van der Waals surface area (Å²) in [6.07, 6.45) is 4.80. The van der Waals surface area contributed by atoms with Gasteiger partial charge in [0.25, 0.3) is 0 Å². The maximum atomic E-state index is 13.5. The average molecular weight is 278 g/mol. The zero-order valence-corrected chi connectivity index (χ0v) is 10.4. The minimum atomic E-state index is -0.654. The maximum absolute atomic E-state index is 13.5. The highest BCUT2D eigenvalue weighted by atomic mass is 32.1. The minimum Gasteiger partial charge on any atom is -0.356 e. The Hall–Kier alpha value is -2.15. The van der Waals surface area contributed by atoms with Gasteiger partial charge in [-0.3, -0.25) is 9.97 Å². The van der Waals surface area contributed by atoms with E-state index in [-0.39, 0.29) is 5.52 Å². The zero-order chi connectivity index (χ0) is 13.2. The van der Waals surface area contributed by atoms with Crippen LogP contribution in [0.4, 0.5) is 13.9 Å². The van der Waals surface area contributed by atoms with Gasteiger partial charge in [-0.15, -0.1) is 0 Å². The van der Waals surface area contributed by atoms with Crippen LogP contribution >= 0.6 is 11.3 Å². The third kappa shape index (κ3) is 2.50. The van der Waals surface area contributed by atoms with E-state index < -0.39 is 11.6 Å². The Bertz CT molecular complexity index is 714. The lowest BCUT2D eigenvalue weighted by Gasteiger charge is -1.99. The van der Waals surface area contributed by atoms with Crippen molar-refractivity contribution in [2.75, 3.05) is 5.32 Å². The van der Waals surface area contributed by atoms with E-state index in [2.05, 4.69) is 20.3 Å². The molecule has 0 unspecified atom stereocenters. The van der Waals surface area contributed by atoms with Crippen LogP contribution in [-0.4, -0.2) is 15.0 Å². The lowest BCUT2D eigenvalue weighted by Crippen LogP contribution is -2.01. The van der Waals surface area contributed by atoms with Crippen molar-refractivity contribution >= 4 is 26.7 Å². The first-order valence-corrected chi connectivity index (χ1v) is 6.28. The Labute approximate surface area is 111 Å². The highest BCUT2D eigenvalue weighted by molar-refractivity contribution is 7.22. The van der Waals surface area contributed by atoms with E-state index in [1.165, 1.54) is 17.4 Å². The minimum absolute atomic E-state index is 0.174. The summed E-state index contributed by atoms with van der Waals surface area (Å²) in [6.45, 7) is 0.428. The lowest BCUT2D eigenvalue weighted by atomic mass is 10.3. The van der Waals surface area contributed by atoms with Crippen LogP contribution in [0.2, 0.25) is 0 Å². The summed E-state index contributed by atoms with van der Waals surface area (Å²) in [5.74, 6) is -1.26. The molecule has 0 radical (unpaired) electrons. The molecule has 0 spiro atoms. The summed E-state index contributed by atoms with van der Waals surface area (Å²) in [7, 11) is 0. The molecule has 2 heterocycles. The molecule has 2 aromatic heterocycles. The molecule has 0 aliphatic carbocycles. The Morgan fingerprint density at radius 1 is 1.21 bits per heavy atom. The number of halogens is 2. The van der Waals surface area contributed by atoms with Crippen molar-refractivity contribution in [3.05, 3.63) is 48.1 Å². The van der Waals surface area contributed by atoms with Gasteiger partial charge in [-0.2, -0.15) is 0 Å². The quantitative estimate of drug-likeness (QED) is 0.800. The fraction of sp³-hybridized carbons (Fsp3) is 0.0833. The molecular weight excluding hydrogens is 270 g/mol. The molecule has 0 saturated carbocycles.